The molecule has 3 heterocycles. The van der Waals surface area contributed by atoms with Crippen LogP contribution in [0, 0.1) is 6.92 Å². The Bertz CT molecular complexity index is 980. The SMILES string of the molecule is Cc1cn2c(nc1=O)O[C@@H]1[C@H]2OC(COS(C)(=O)=O)(COS(C)(=O)=O)[C@H]1O. The van der Waals surface area contributed by atoms with E-state index in [4.69, 9.17) is 17.8 Å². The molecule has 0 aliphatic carbocycles. The molecule has 0 bridgehead atoms. The van der Waals surface area contributed by atoms with Gasteiger partial charge in [-0.15, -0.1) is 0 Å². The minimum Gasteiger partial charge on any atom is -0.453 e. The van der Waals surface area contributed by atoms with E-state index in [1.165, 1.54) is 17.7 Å². The highest BCUT2D eigenvalue weighted by atomic mass is 32.2. The van der Waals surface area contributed by atoms with Crippen molar-refractivity contribution in [1.29, 1.82) is 0 Å². The highest BCUT2D eigenvalue weighted by molar-refractivity contribution is 7.86. The zero-order valence-electron chi connectivity index (χ0n) is 14.6. The molecule has 2 aliphatic rings. The fourth-order valence-electron chi connectivity index (χ4n) is 2.81. The molecule has 152 valence electrons. The molecule has 0 saturated carbocycles. The average Bonchev–Trinajstić information content (AvgIpc) is 2.98. The molecule has 0 amide bonds. The van der Waals surface area contributed by atoms with Crippen molar-refractivity contribution in [2.45, 2.75) is 31.0 Å². The van der Waals surface area contributed by atoms with Gasteiger partial charge in [0.05, 0.1) is 12.5 Å². The quantitative estimate of drug-likeness (QED) is 0.496. The van der Waals surface area contributed by atoms with E-state index in [1.54, 1.807) is 0 Å². The Morgan fingerprint density at radius 2 is 1.78 bits per heavy atom. The fraction of sp³-hybridized carbons (Fsp3) is 0.692. The van der Waals surface area contributed by atoms with Crippen LogP contribution in [-0.4, -0.2) is 75.0 Å². The lowest BCUT2D eigenvalue weighted by molar-refractivity contribution is -0.139. The van der Waals surface area contributed by atoms with Gasteiger partial charge < -0.3 is 14.6 Å². The van der Waals surface area contributed by atoms with Crippen LogP contribution in [0.1, 0.15) is 11.8 Å². The number of nitrogens with zero attached hydrogens (tertiary/aromatic N) is 2. The Labute approximate surface area is 154 Å². The van der Waals surface area contributed by atoms with E-state index in [0.717, 1.165) is 12.5 Å². The molecule has 0 radical (unpaired) electrons. The van der Waals surface area contributed by atoms with Crippen LogP contribution in [0.3, 0.4) is 0 Å². The van der Waals surface area contributed by atoms with Crippen molar-refractivity contribution in [2.75, 3.05) is 25.7 Å². The van der Waals surface area contributed by atoms with Crippen LogP contribution >= 0.6 is 0 Å². The Hall–Kier alpha value is -1.58. The molecular formula is C13H18N2O10S2. The lowest BCUT2D eigenvalue weighted by atomic mass is 9.97. The van der Waals surface area contributed by atoms with E-state index >= 15 is 0 Å². The van der Waals surface area contributed by atoms with E-state index in [-0.39, 0.29) is 6.01 Å². The zero-order chi connectivity index (χ0) is 20.2. The van der Waals surface area contributed by atoms with Gasteiger partial charge in [0.2, 0.25) is 0 Å². The summed E-state index contributed by atoms with van der Waals surface area (Å²) in [5.41, 5.74) is -2.07. The summed E-state index contributed by atoms with van der Waals surface area (Å²) in [6.07, 6.45) is -0.609. The molecule has 3 atom stereocenters. The first-order valence-electron chi connectivity index (χ1n) is 7.62. The van der Waals surface area contributed by atoms with Gasteiger partial charge in [-0.1, -0.05) is 0 Å². The number of hydrogen-bond acceptors (Lipinski definition) is 11. The van der Waals surface area contributed by atoms with Gasteiger partial charge in [-0.05, 0) is 6.92 Å². The fourth-order valence-corrected chi connectivity index (χ4v) is 3.63. The zero-order valence-corrected chi connectivity index (χ0v) is 16.2. The third-order valence-electron chi connectivity index (χ3n) is 4.13. The molecule has 1 fully saturated rings. The van der Waals surface area contributed by atoms with Gasteiger partial charge in [-0.25, -0.2) is 0 Å². The minimum atomic E-state index is -3.92. The number of aromatic nitrogens is 2. The Morgan fingerprint density at radius 1 is 1.22 bits per heavy atom. The largest absolute Gasteiger partial charge is 0.453 e. The smallest absolute Gasteiger partial charge is 0.302 e. The number of aryl methyl sites for hydroxylation is 1. The maximum Gasteiger partial charge on any atom is 0.302 e. The summed E-state index contributed by atoms with van der Waals surface area (Å²) in [4.78, 5) is 15.4. The summed E-state index contributed by atoms with van der Waals surface area (Å²) in [6, 6.07) is -0.0821. The van der Waals surface area contributed by atoms with Crippen LogP contribution in [0.25, 0.3) is 0 Å². The van der Waals surface area contributed by atoms with Crippen molar-refractivity contribution in [3.05, 3.63) is 22.1 Å². The van der Waals surface area contributed by atoms with Crippen LogP contribution < -0.4 is 10.3 Å². The first kappa shape index (κ1) is 20.2. The number of rotatable bonds is 6. The molecule has 0 spiro atoms. The Balaban J connectivity index is 1.95. The lowest BCUT2D eigenvalue weighted by Crippen LogP contribution is -2.52. The molecule has 1 N–H and O–H groups in total. The number of fused-ring (bicyclic) bond motifs is 3. The molecule has 1 aromatic heterocycles. The van der Waals surface area contributed by atoms with Crippen molar-refractivity contribution in [3.63, 3.8) is 0 Å². The van der Waals surface area contributed by atoms with E-state index in [9.17, 15) is 26.7 Å². The molecule has 1 saturated heterocycles. The number of ether oxygens (including phenoxy) is 2. The summed E-state index contributed by atoms with van der Waals surface area (Å²) in [5.74, 6) is 0. The van der Waals surface area contributed by atoms with Crippen LogP contribution in [-0.2, 0) is 33.3 Å². The summed E-state index contributed by atoms with van der Waals surface area (Å²) in [5, 5.41) is 10.7. The summed E-state index contributed by atoms with van der Waals surface area (Å²) >= 11 is 0. The van der Waals surface area contributed by atoms with Gasteiger partial charge in [-0.2, -0.15) is 21.8 Å². The number of aliphatic hydroxyl groups is 1. The second kappa shape index (κ2) is 6.49. The average molecular weight is 426 g/mol. The predicted octanol–water partition coefficient (Wildman–Crippen LogP) is -2.11. The van der Waals surface area contributed by atoms with Crippen LogP contribution in [0.15, 0.2) is 11.0 Å². The van der Waals surface area contributed by atoms with Gasteiger partial charge in [0.1, 0.15) is 24.9 Å². The van der Waals surface area contributed by atoms with E-state index < -0.39 is 63.0 Å². The highest BCUT2D eigenvalue weighted by Gasteiger charge is 2.61. The number of hydrogen-bond donors (Lipinski definition) is 1. The van der Waals surface area contributed by atoms with Crippen molar-refractivity contribution in [1.82, 2.24) is 9.55 Å². The number of aliphatic hydroxyl groups excluding tert-OH is 1. The van der Waals surface area contributed by atoms with Gasteiger partial charge in [0.15, 0.2) is 12.3 Å². The molecular weight excluding hydrogens is 408 g/mol. The molecule has 0 aromatic carbocycles. The molecule has 3 rings (SSSR count). The topological polar surface area (TPSA) is 160 Å². The summed E-state index contributed by atoms with van der Waals surface area (Å²) in [6.45, 7) is 0.107. The van der Waals surface area contributed by atoms with E-state index in [1.807, 2.05) is 0 Å². The summed E-state index contributed by atoms with van der Waals surface area (Å²) in [7, 11) is -7.84. The second-order valence-electron chi connectivity index (χ2n) is 6.45. The molecule has 12 nitrogen and oxygen atoms in total. The lowest BCUT2D eigenvalue weighted by Gasteiger charge is -2.31. The molecule has 1 aromatic rings. The van der Waals surface area contributed by atoms with Crippen LogP contribution in [0.2, 0.25) is 0 Å². The second-order valence-corrected chi connectivity index (χ2v) is 9.74. The Kier molecular flexibility index (Phi) is 4.85. The predicted molar refractivity (Wildman–Crippen MR) is 88.1 cm³/mol. The third kappa shape index (κ3) is 4.00. The van der Waals surface area contributed by atoms with Crippen LogP contribution in [0.4, 0.5) is 0 Å². The van der Waals surface area contributed by atoms with Crippen molar-refractivity contribution >= 4 is 20.2 Å². The van der Waals surface area contributed by atoms with Gasteiger partial charge in [0.25, 0.3) is 25.8 Å². The van der Waals surface area contributed by atoms with Gasteiger partial charge in [-0.3, -0.25) is 17.7 Å². The monoisotopic (exact) mass is 426 g/mol. The minimum absolute atomic E-state index is 0.0821. The van der Waals surface area contributed by atoms with Crippen molar-refractivity contribution in [2.24, 2.45) is 0 Å². The highest BCUT2D eigenvalue weighted by Crippen LogP contribution is 2.44. The van der Waals surface area contributed by atoms with Gasteiger partial charge in [0, 0.05) is 11.8 Å². The molecule has 27 heavy (non-hydrogen) atoms. The van der Waals surface area contributed by atoms with Crippen molar-refractivity contribution in [3.8, 4) is 6.01 Å². The van der Waals surface area contributed by atoms with Crippen molar-refractivity contribution < 1.29 is 39.8 Å². The maximum absolute atomic E-state index is 11.7. The first-order chi connectivity index (χ1) is 12.3. The molecule has 0 unspecified atom stereocenters. The van der Waals surface area contributed by atoms with Crippen LogP contribution in [0.5, 0.6) is 6.01 Å². The Morgan fingerprint density at radius 3 is 2.30 bits per heavy atom. The summed E-state index contributed by atoms with van der Waals surface area (Å²) < 4.78 is 67.5. The maximum atomic E-state index is 11.7. The van der Waals surface area contributed by atoms with Gasteiger partial charge >= 0.3 is 6.01 Å². The molecule has 2 aliphatic heterocycles. The third-order valence-corrected chi connectivity index (χ3v) is 5.22. The van der Waals surface area contributed by atoms with E-state index in [0.29, 0.717) is 5.56 Å². The standard InChI is InChI=1S/C13H18N2O10S2/c1-7-4-15-11-8(24-12(15)14-10(7)17)9(16)13(25-11,5-22-26(2,18)19)6-23-27(3,20)21/h4,8-9,11,16H,5-6H2,1-3H3/t8-,9-,11+/m0/s1. The molecule has 14 heteroatoms. The normalized spacial score (nSPS) is 26.4. The van der Waals surface area contributed by atoms with E-state index in [2.05, 4.69) is 4.98 Å². The first-order valence-corrected chi connectivity index (χ1v) is 11.3.